The molecule has 7 heteroatoms. The van der Waals surface area contributed by atoms with E-state index in [-0.39, 0.29) is 12.6 Å². The average molecular weight is 375 g/mol. The fourth-order valence-electron chi connectivity index (χ4n) is 3.13. The number of piperazine rings is 1. The Morgan fingerprint density at radius 1 is 1.33 bits per heavy atom. The Balaban J connectivity index is 1.53. The van der Waals surface area contributed by atoms with E-state index in [9.17, 15) is 9.18 Å². The second-order valence-corrected chi connectivity index (χ2v) is 6.54. The van der Waals surface area contributed by atoms with Crippen LogP contribution in [0.25, 0.3) is 0 Å². The van der Waals surface area contributed by atoms with E-state index in [0.717, 1.165) is 19.5 Å². The number of ether oxygens (including phenoxy) is 2. The van der Waals surface area contributed by atoms with E-state index >= 15 is 0 Å². The molecule has 0 radical (unpaired) electrons. The van der Waals surface area contributed by atoms with Crippen molar-refractivity contribution in [2.45, 2.75) is 32.5 Å². The minimum absolute atomic E-state index is 0.111. The maximum Gasteiger partial charge on any atom is 0.410 e. The quantitative estimate of drug-likeness (QED) is 0.808. The van der Waals surface area contributed by atoms with Gasteiger partial charge in [0.2, 0.25) is 0 Å². The van der Waals surface area contributed by atoms with Crippen molar-refractivity contribution in [1.29, 1.82) is 0 Å². The Bertz CT molecular complexity index is 736. The molecule has 1 fully saturated rings. The van der Waals surface area contributed by atoms with Crippen LogP contribution in [0.4, 0.5) is 9.18 Å². The molecule has 1 saturated heterocycles. The van der Waals surface area contributed by atoms with Gasteiger partial charge in [-0.2, -0.15) is 0 Å². The fraction of sp³-hybridized carbons (Fsp3) is 0.450. The third-order valence-electron chi connectivity index (χ3n) is 4.71. The minimum Gasteiger partial charge on any atom is -0.492 e. The van der Waals surface area contributed by atoms with Gasteiger partial charge in [0.05, 0.1) is 6.54 Å². The van der Waals surface area contributed by atoms with Gasteiger partial charge in [-0.15, -0.1) is 0 Å². The van der Waals surface area contributed by atoms with Crippen molar-refractivity contribution in [3.05, 3.63) is 54.1 Å². The van der Waals surface area contributed by atoms with Crippen LogP contribution in [0.3, 0.4) is 0 Å². The Labute approximate surface area is 158 Å². The summed E-state index contributed by atoms with van der Waals surface area (Å²) >= 11 is 0. The highest BCUT2D eigenvalue weighted by atomic mass is 19.1. The van der Waals surface area contributed by atoms with Crippen LogP contribution < -0.4 is 10.1 Å². The Hall–Kier alpha value is -2.54. The largest absolute Gasteiger partial charge is 0.492 e. The molecule has 1 aromatic carbocycles. The molecular weight excluding hydrogens is 349 g/mol. The SMILES string of the molecule is CC[C@@H]1CNCCN1C(=O)OCc1cc(OCCn2cccc2)ccc1F. The Kier molecular flexibility index (Phi) is 6.70. The number of nitrogens with zero attached hydrogens (tertiary/aromatic N) is 2. The number of nitrogens with one attached hydrogen (secondary N) is 1. The predicted octanol–water partition coefficient (Wildman–Crippen LogP) is 3.03. The highest BCUT2D eigenvalue weighted by molar-refractivity contribution is 5.68. The third kappa shape index (κ3) is 5.23. The fourth-order valence-corrected chi connectivity index (χ4v) is 3.13. The number of carbonyl (C=O) groups excluding carboxylic acids is 1. The van der Waals surface area contributed by atoms with E-state index in [4.69, 9.17) is 9.47 Å². The Morgan fingerprint density at radius 3 is 2.93 bits per heavy atom. The molecule has 146 valence electrons. The number of hydrogen-bond acceptors (Lipinski definition) is 4. The molecule has 1 aliphatic heterocycles. The van der Waals surface area contributed by atoms with E-state index < -0.39 is 11.9 Å². The highest BCUT2D eigenvalue weighted by Gasteiger charge is 2.26. The number of aromatic nitrogens is 1. The van der Waals surface area contributed by atoms with Crippen molar-refractivity contribution < 1.29 is 18.7 Å². The molecule has 2 aromatic rings. The van der Waals surface area contributed by atoms with Crippen LogP contribution in [-0.4, -0.2) is 47.8 Å². The van der Waals surface area contributed by atoms with Crippen LogP contribution in [0.2, 0.25) is 0 Å². The number of amides is 1. The van der Waals surface area contributed by atoms with E-state index in [1.54, 1.807) is 17.0 Å². The van der Waals surface area contributed by atoms with Gasteiger partial charge < -0.3 is 24.3 Å². The normalized spacial score (nSPS) is 17.0. The van der Waals surface area contributed by atoms with Gasteiger partial charge in [0.1, 0.15) is 24.8 Å². The van der Waals surface area contributed by atoms with Crippen LogP contribution in [0.1, 0.15) is 18.9 Å². The molecule has 27 heavy (non-hydrogen) atoms. The van der Waals surface area contributed by atoms with E-state index in [1.807, 2.05) is 36.0 Å². The molecule has 0 aliphatic carbocycles. The van der Waals surface area contributed by atoms with Gasteiger partial charge in [-0.3, -0.25) is 0 Å². The maximum absolute atomic E-state index is 14.1. The summed E-state index contributed by atoms with van der Waals surface area (Å²) in [5.74, 6) is 0.149. The van der Waals surface area contributed by atoms with Crippen molar-refractivity contribution in [1.82, 2.24) is 14.8 Å². The molecule has 0 spiro atoms. The molecule has 2 heterocycles. The maximum atomic E-state index is 14.1. The molecule has 0 unspecified atom stereocenters. The summed E-state index contributed by atoms with van der Waals surface area (Å²) in [4.78, 5) is 14.1. The summed E-state index contributed by atoms with van der Waals surface area (Å²) < 4.78 is 27.1. The molecule has 1 aromatic heterocycles. The van der Waals surface area contributed by atoms with Gasteiger partial charge in [-0.05, 0) is 36.8 Å². The monoisotopic (exact) mass is 375 g/mol. The van der Waals surface area contributed by atoms with Crippen molar-refractivity contribution in [2.24, 2.45) is 0 Å². The molecule has 1 aliphatic rings. The summed E-state index contributed by atoms with van der Waals surface area (Å²) in [5.41, 5.74) is 0.310. The van der Waals surface area contributed by atoms with Crippen LogP contribution in [0.15, 0.2) is 42.7 Å². The van der Waals surface area contributed by atoms with E-state index in [0.29, 0.717) is 31.0 Å². The molecule has 0 bridgehead atoms. The van der Waals surface area contributed by atoms with Crippen molar-refractivity contribution in [2.75, 3.05) is 26.2 Å². The molecule has 3 rings (SSSR count). The first kappa shape index (κ1) is 19.2. The van der Waals surface area contributed by atoms with Gasteiger partial charge in [0, 0.05) is 43.6 Å². The van der Waals surface area contributed by atoms with Crippen molar-refractivity contribution in [3.8, 4) is 5.75 Å². The third-order valence-corrected chi connectivity index (χ3v) is 4.71. The molecular formula is C20H26FN3O3. The van der Waals surface area contributed by atoms with Gasteiger partial charge in [0.25, 0.3) is 0 Å². The zero-order valence-corrected chi connectivity index (χ0v) is 15.6. The second-order valence-electron chi connectivity index (χ2n) is 6.54. The van der Waals surface area contributed by atoms with E-state index in [2.05, 4.69) is 5.32 Å². The zero-order chi connectivity index (χ0) is 19.1. The van der Waals surface area contributed by atoms with Crippen molar-refractivity contribution >= 4 is 6.09 Å². The van der Waals surface area contributed by atoms with Crippen molar-refractivity contribution in [3.63, 3.8) is 0 Å². The number of carbonyl (C=O) groups is 1. The molecule has 1 amide bonds. The topological polar surface area (TPSA) is 55.7 Å². The van der Waals surface area contributed by atoms with Crippen LogP contribution >= 0.6 is 0 Å². The van der Waals surface area contributed by atoms with Gasteiger partial charge in [-0.25, -0.2) is 9.18 Å². The first-order valence-electron chi connectivity index (χ1n) is 9.33. The lowest BCUT2D eigenvalue weighted by molar-refractivity contribution is 0.0706. The van der Waals surface area contributed by atoms with Crippen LogP contribution in [0, 0.1) is 5.82 Å². The lowest BCUT2D eigenvalue weighted by atomic mass is 10.1. The average Bonchev–Trinajstić information content (AvgIpc) is 3.21. The summed E-state index contributed by atoms with van der Waals surface area (Å²) in [5, 5.41) is 3.26. The van der Waals surface area contributed by atoms with Gasteiger partial charge in [-0.1, -0.05) is 6.92 Å². The zero-order valence-electron chi connectivity index (χ0n) is 15.6. The minimum atomic E-state index is -0.409. The highest BCUT2D eigenvalue weighted by Crippen LogP contribution is 2.19. The van der Waals surface area contributed by atoms with E-state index in [1.165, 1.54) is 6.07 Å². The lowest BCUT2D eigenvalue weighted by Gasteiger charge is -2.34. The summed E-state index contributed by atoms with van der Waals surface area (Å²) in [6.07, 6.45) is 4.36. The standard InChI is InChI=1S/C20H26FN3O3/c1-2-17-14-22-7-10-24(17)20(25)27-15-16-13-18(5-6-19(16)21)26-12-11-23-8-3-4-9-23/h3-6,8-9,13,17,22H,2,7,10-12,14-15H2,1H3/t17-/m1/s1. The van der Waals surface area contributed by atoms with Crippen LogP contribution in [-0.2, 0) is 17.9 Å². The summed E-state index contributed by atoms with van der Waals surface area (Å²) in [6, 6.07) is 8.53. The van der Waals surface area contributed by atoms with Gasteiger partial charge in [0.15, 0.2) is 0 Å². The Morgan fingerprint density at radius 2 is 2.15 bits per heavy atom. The second kappa shape index (κ2) is 9.41. The number of hydrogen-bond donors (Lipinski definition) is 1. The predicted molar refractivity (Wildman–Crippen MR) is 100 cm³/mol. The first-order chi connectivity index (χ1) is 13.2. The molecule has 1 N–H and O–H groups in total. The number of halogens is 1. The molecule has 6 nitrogen and oxygen atoms in total. The molecule has 0 saturated carbocycles. The summed E-state index contributed by atoms with van der Waals surface area (Å²) in [6.45, 7) is 5.19. The molecule has 1 atom stereocenters. The van der Waals surface area contributed by atoms with Crippen LogP contribution in [0.5, 0.6) is 5.75 Å². The lowest BCUT2D eigenvalue weighted by Crippen LogP contribution is -2.53. The number of rotatable bonds is 7. The first-order valence-corrected chi connectivity index (χ1v) is 9.33. The van der Waals surface area contributed by atoms with Gasteiger partial charge >= 0.3 is 6.09 Å². The number of benzene rings is 1. The smallest absolute Gasteiger partial charge is 0.410 e. The summed E-state index contributed by atoms with van der Waals surface area (Å²) in [7, 11) is 0.